The first-order valence-corrected chi connectivity index (χ1v) is 10.5. The first-order valence-electron chi connectivity index (χ1n) is 10.5. The summed E-state index contributed by atoms with van der Waals surface area (Å²) in [6.45, 7) is 0.594. The summed E-state index contributed by atoms with van der Waals surface area (Å²) in [6.07, 6.45) is 8.02. The van der Waals surface area contributed by atoms with Crippen molar-refractivity contribution in [1.29, 1.82) is 0 Å². The van der Waals surface area contributed by atoms with Crippen LogP contribution in [0.2, 0.25) is 0 Å². The second-order valence-electron chi connectivity index (χ2n) is 8.06. The molecular weight excluding hydrogens is 397 g/mol. The summed E-state index contributed by atoms with van der Waals surface area (Å²) in [5.74, 6) is -0.137. The van der Waals surface area contributed by atoms with Gasteiger partial charge in [0.05, 0.1) is 0 Å². The predicted octanol–water partition coefficient (Wildman–Crippen LogP) is 3.56. The van der Waals surface area contributed by atoms with Gasteiger partial charge in [-0.3, -0.25) is 14.6 Å². The van der Waals surface area contributed by atoms with Crippen LogP contribution in [-0.4, -0.2) is 37.5 Å². The van der Waals surface area contributed by atoms with E-state index in [0.717, 1.165) is 24.0 Å². The maximum absolute atomic E-state index is 13.9. The third-order valence-electron chi connectivity index (χ3n) is 6.18. The molecule has 7 nitrogen and oxygen atoms in total. The highest BCUT2D eigenvalue weighted by atomic mass is 19.1. The van der Waals surface area contributed by atoms with E-state index in [-0.39, 0.29) is 29.6 Å². The standard InChI is InChI=1S/C23H22FN5O2/c24-19-3-1-2-4-20(19)29-12-10-21(27-29)26-22(30)15-5-7-17(8-6-15)28-14-16-13-25-11-9-18(16)23(28)31/h1-4,9-13,15,17H,5-8,14H2,(H,26,27,30). The summed E-state index contributed by atoms with van der Waals surface area (Å²) in [5, 5.41) is 7.12. The van der Waals surface area contributed by atoms with Crippen LogP contribution >= 0.6 is 0 Å². The molecule has 0 spiro atoms. The van der Waals surface area contributed by atoms with Crippen molar-refractivity contribution in [2.24, 2.45) is 5.92 Å². The molecule has 1 fully saturated rings. The van der Waals surface area contributed by atoms with E-state index in [2.05, 4.69) is 15.4 Å². The monoisotopic (exact) mass is 419 g/mol. The lowest BCUT2D eigenvalue weighted by Gasteiger charge is -2.34. The average molecular weight is 419 g/mol. The molecule has 31 heavy (non-hydrogen) atoms. The molecule has 158 valence electrons. The summed E-state index contributed by atoms with van der Waals surface area (Å²) in [6, 6.07) is 9.92. The minimum absolute atomic E-state index is 0.0592. The molecule has 5 rings (SSSR count). The van der Waals surface area contributed by atoms with Crippen molar-refractivity contribution in [1.82, 2.24) is 19.7 Å². The zero-order valence-corrected chi connectivity index (χ0v) is 16.9. The van der Waals surface area contributed by atoms with E-state index in [4.69, 9.17) is 0 Å². The number of para-hydroxylation sites is 1. The van der Waals surface area contributed by atoms with Gasteiger partial charge in [0.1, 0.15) is 11.5 Å². The van der Waals surface area contributed by atoms with E-state index in [9.17, 15) is 14.0 Å². The van der Waals surface area contributed by atoms with Crippen LogP contribution in [0.1, 0.15) is 41.6 Å². The highest BCUT2D eigenvalue weighted by Crippen LogP contribution is 2.33. The number of hydrogen-bond donors (Lipinski definition) is 1. The van der Waals surface area contributed by atoms with Crippen LogP contribution in [0.15, 0.2) is 55.0 Å². The number of carbonyl (C=O) groups excluding carboxylic acids is 2. The SMILES string of the molecule is O=C(Nc1ccn(-c2ccccc2F)n1)C1CCC(N2Cc3cnccc3C2=O)CC1. The molecule has 3 aromatic rings. The number of rotatable bonds is 4. The Balaban J connectivity index is 1.18. The largest absolute Gasteiger partial charge is 0.331 e. The lowest BCUT2D eigenvalue weighted by molar-refractivity contribution is -0.121. The van der Waals surface area contributed by atoms with Gasteiger partial charge in [-0.05, 0) is 43.9 Å². The highest BCUT2D eigenvalue weighted by Gasteiger charge is 2.36. The zero-order valence-electron chi connectivity index (χ0n) is 16.9. The number of pyridine rings is 1. The molecule has 2 aromatic heterocycles. The van der Waals surface area contributed by atoms with E-state index in [1.807, 2.05) is 4.90 Å². The number of fused-ring (bicyclic) bond motifs is 1. The number of benzene rings is 1. The summed E-state index contributed by atoms with van der Waals surface area (Å²) < 4.78 is 15.3. The fourth-order valence-electron chi connectivity index (χ4n) is 4.51. The van der Waals surface area contributed by atoms with Gasteiger partial charge in [0.2, 0.25) is 5.91 Å². The zero-order chi connectivity index (χ0) is 21.4. The maximum Gasteiger partial charge on any atom is 0.254 e. The van der Waals surface area contributed by atoms with Crippen LogP contribution < -0.4 is 5.32 Å². The maximum atomic E-state index is 13.9. The first-order chi connectivity index (χ1) is 15.1. The number of hydrogen-bond acceptors (Lipinski definition) is 4. The second-order valence-corrected chi connectivity index (χ2v) is 8.06. The minimum Gasteiger partial charge on any atom is -0.331 e. The molecule has 1 saturated carbocycles. The topological polar surface area (TPSA) is 80.1 Å². The summed E-state index contributed by atoms with van der Waals surface area (Å²) in [4.78, 5) is 31.4. The molecule has 0 radical (unpaired) electrons. The smallest absolute Gasteiger partial charge is 0.254 e. The van der Waals surface area contributed by atoms with Gasteiger partial charge in [-0.1, -0.05) is 12.1 Å². The van der Waals surface area contributed by atoms with Crippen molar-refractivity contribution in [3.63, 3.8) is 0 Å². The third kappa shape index (κ3) is 3.69. The highest BCUT2D eigenvalue weighted by molar-refractivity contribution is 5.98. The average Bonchev–Trinajstić information content (AvgIpc) is 3.39. The lowest BCUT2D eigenvalue weighted by atomic mass is 9.84. The van der Waals surface area contributed by atoms with Crippen LogP contribution in [0.3, 0.4) is 0 Å². The molecule has 1 aliphatic carbocycles. The molecule has 2 aliphatic rings. The summed E-state index contributed by atoms with van der Waals surface area (Å²) in [5.41, 5.74) is 2.04. The molecule has 0 unspecified atom stereocenters. The van der Waals surface area contributed by atoms with E-state index >= 15 is 0 Å². The van der Waals surface area contributed by atoms with Crippen LogP contribution in [0.25, 0.3) is 5.69 Å². The molecule has 3 heterocycles. The van der Waals surface area contributed by atoms with Crippen molar-refractivity contribution >= 4 is 17.6 Å². The quantitative estimate of drug-likeness (QED) is 0.701. The lowest BCUT2D eigenvalue weighted by Crippen LogP contribution is -2.40. The summed E-state index contributed by atoms with van der Waals surface area (Å²) in [7, 11) is 0. The van der Waals surface area contributed by atoms with Gasteiger partial charge in [-0.2, -0.15) is 0 Å². The first kappa shape index (κ1) is 19.4. The van der Waals surface area contributed by atoms with Crippen molar-refractivity contribution in [2.45, 2.75) is 38.3 Å². The number of aromatic nitrogens is 3. The predicted molar refractivity (Wildman–Crippen MR) is 112 cm³/mol. The molecule has 1 aromatic carbocycles. The number of halogens is 1. The van der Waals surface area contributed by atoms with E-state index in [0.29, 0.717) is 30.9 Å². The molecule has 0 saturated heterocycles. The van der Waals surface area contributed by atoms with Crippen LogP contribution in [-0.2, 0) is 11.3 Å². The van der Waals surface area contributed by atoms with E-state index in [1.54, 1.807) is 48.9 Å². The van der Waals surface area contributed by atoms with Gasteiger partial charge >= 0.3 is 0 Å². The molecule has 0 bridgehead atoms. The van der Waals surface area contributed by atoms with Gasteiger partial charge in [-0.25, -0.2) is 9.07 Å². The minimum atomic E-state index is -0.379. The number of nitrogens with zero attached hydrogens (tertiary/aromatic N) is 4. The number of anilines is 1. The van der Waals surface area contributed by atoms with Gasteiger partial charge in [0, 0.05) is 54.3 Å². The fraction of sp³-hybridized carbons (Fsp3) is 0.304. The molecule has 2 amide bonds. The Bertz CT molecular complexity index is 1140. The van der Waals surface area contributed by atoms with Crippen molar-refractivity contribution in [2.75, 3.05) is 5.32 Å². The molecule has 8 heteroatoms. The van der Waals surface area contributed by atoms with Crippen molar-refractivity contribution in [3.05, 3.63) is 71.9 Å². The Morgan fingerprint density at radius 3 is 2.68 bits per heavy atom. The normalized spacial score (nSPS) is 20.5. The Hall–Kier alpha value is -3.55. The molecular formula is C23H22FN5O2. The molecule has 1 aliphatic heterocycles. The van der Waals surface area contributed by atoms with Crippen LogP contribution in [0.4, 0.5) is 10.2 Å². The Morgan fingerprint density at radius 1 is 1.10 bits per heavy atom. The Labute approximate surface area is 178 Å². The Kier molecular flexibility index (Phi) is 4.97. The fourth-order valence-corrected chi connectivity index (χ4v) is 4.51. The van der Waals surface area contributed by atoms with E-state index in [1.165, 1.54) is 10.7 Å². The van der Waals surface area contributed by atoms with Crippen LogP contribution in [0.5, 0.6) is 0 Å². The number of carbonyl (C=O) groups is 2. The Morgan fingerprint density at radius 2 is 1.90 bits per heavy atom. The summed E-state index contributed by atoms with van der Waals surface area (Å²) >= 11 is 0. The van der Waals surface area contributed by atoms with Crippen molar-refractivity contribution < 1.29 is 14.0 Å². The van der Waals surface area contributed by atoms with Gasteiger partial charge < -0.3 is 10.2 Å². The van der Waals surface area contributed by atoms with Gasteiger partial charge in [-0.15, -0.1) is 5.10 Å². The third-order valence-corrected chi connectivity index (χ3v) is 6.18. The van der Waals surface area contributed by atoms with Crippen LogP contribution in [0, 0.1) is 11.7 Å². The van der Waals surface area contributed by atoms with Crippen molar-refractivity contribution in [3.8, 4) is 5.69 Å². The molecule has 0 atom stereocenters. The number of nitrogens with one attached hydrogen (secondary N) is 1. The second kappa shape index (κ2) is 7.94. The van der Waals surface area contributed by atoms with Gasteiger partial charge in [0.15, 0.2) is 5.82 Å². The van der Waals surface area contributed by atoms with E-state index < -0.39 is 0 Å². The number of amides is 2. The molecule has 1 N–H and O–H groups in total. The van der Waals surface area contributed by atoms with Gasteiger partial charge in [0.25, 0.3) is 5.91 Å².